The molecule has 0 aliphatic carbocycles. The molecule has 332 valence electrons. The largest absolute Gasteiger partial charge is 0.388 e. The number of carbonyl (C=O) groups is 2. The molecule has 2 aliphatic heterocycles. The summed E-state index contributed by atoms with van der Waals surface area (Å²) in [4.78, 5) is 25.9. The van der Waals surface area contributed by atoms with E-state index in [4.69, 9.17) is 5.41 Å². The minimum absolute atomic E-state index is 0.00580. The molecule has 2 aliphatic rings. The molecule has 63 heavy (non-hydrogen) atoms. The molecular formula is C47H58F2N12O2. The normalized spacial score (nSPS) is 14.3. The Balaban J connectivity index is 0.000000203. The van der Waals surface area contributed by atoms with E-state index in [-0.39, 0.29) is 23.4 Å². The van der Waals surface area contributed by atoms with Gasteiger partial charge in [-0.25, -0.2) is 8.78 Å². The van der Waals surface area contributed by atoms with E-state index in [0.29, 0.717) is 60.2 Å². The van der Waals surface area contributed by atoms with Crippen molar-refractivity contribution in [1.82, 2.24) is 34.2 Å². The molecule has 5 N–H and O–H groups in total. The van der Waals surface area contributed by atoms with Crippen LogP contribution in [0, 0.1) is 5.41 Å². The highest BCUT2D eigenvalue weighted by Crippen LogP contribution is 2.41. The molecule has 16 heteroatoms. The van der Waals surface area contributed by atoms with Crippen LogP contribution in [0.2, 0.25) is 0 Å². The number of carbonyl (C=O) groups excluding carboxylic acids is 2. The lowest BCUT2D eigenvalue weighted by Crippen LogP contribution is -2.34. The molecule has 0 fully saturated rings. The van der Waals surface area contributed by atoms with Gasteiger partial charge >= 0.3 is 0 Å². The summed E-state index contributed by atoms with van der Waals surface area (Å²) in [6.45, 7) is 13.0. The highest BCUT2D eigenvalue weighted by atomic mass is 19.3. The number of aromatic nitrogens is 6. The molecule has 6 aromatic rings. The van der Waals surface area contributed by atoms with E-state index in [1.165, 1.54) is 6.07 Å². The summed E-state index contributed by atoms with van der Waals surface area (Å²) in [6.07, 6.45) is 5.33. The molecule has 0 saturated carbocycles. The Kier molecular flexibility index (Phi) is 14.1. The van der Waals surface area contributed by atoms with Crippen molar-refractivity contribution in [2.24, 2.45) is 21.1 Å². The highest BCUT2D eigenvalue weighted by molar-refractivity contribution is 6.14. The van der Waals surface area contributed by atoms with Crippen LogP contribution >= 0.6 is 0 Å². The van der Waals surface area contributed by atoms with Gasteiger partial charge in [0.1, 0.15) is 0 Å². The van der Waals surface area contributed by atoms with Gasteiger partial charge in [-0.05, 0) is 65.9 Å². The second-order valence-corrected chi connectivity index (χ2v) is 15.9. The summed E-state index contributed by atoms with van der Waals surface area (Å²) in [5.74, 6) is 0.913. The van der Waals surface area contributed by atoms with Crippen molar-refractivity contribution in [3.8, 4) is 22.3 Å². The number of alkyl halides is 2. The number of fused-ring (bicyclic) bond motifs is 2. The standard InChI is InChI=1S/C25H30N6O.C20H22F2N6O.C2H6/c1-14(2)17-10-19(25-22(11-17)30-23(32)8-15(3)29-25)16-6-7-21(27-4)20(9-16)24(26)18-12-28-31(5)13-18;1-12(29)28-7-6-18-17(11-28)20(25-27(18)3)24-14-4-5-15(16(8-14)19(21)22)13-9-23-26(2)10-13;1-2/h6-7,9-15,26-27,29H,8H2,1-5H3,(H,30,32);4-5,8-10,19H,6-7,11H2,1-3H3,(H,24,25);1-2H3. The maximum absolute atomic E-state index is 13.7. The topological polar surface area (TPSA) is 163 Å². The van der Waals surface area contributed by atoms with Gasteiger partial charge in [0.2, 0.25) is 11.8 Å². The number of hydrogen-bond donors (Lipinski definition) is 5. The molecule has 8 rings (SSSR count). The molecule has 0 saturated heterocycles. The summed E-state index contributed by atoms with van der Waals surface area (Å²) < 4.78 is 32.5. The van der Waals surface area contributed by atoms with Crippen molar-refractivity contribution < 1.29 is 18.4 Å². The molecular weight excluding hydrogens is 803 g/mol. The first-order valence-corrected chi connectivity index (χ1v) is 21.2. The second kappa shape index (κ2) is 19.5. The Hall–Kier alpha value is -6.84. The minimum atomic E-state index is -2.63. The van der Waals surface area contributed by atoms with Crippen LogP contribution in [0.5, 0.6) is 0 Å². The van der Waals surface area contributed by atoms with Gasteiger partial charge in [-0.15, -0.1) is 0 Å². The van der Waals surface area contributed by atoms with Crippen LogP contribution in [0.3, 0.4) is 0 Å². The SMILES string of the molecule is CC.CC(=O)N1CCc2c(c(Nc3ccc(-c4cnn(C)c4)c(C(F)F)c3)nn2C)C1.CNc1ccc(-c2cc(C(C)C)cc3c2NC(C)CC(=O)N3)cc1C(=N)c1cnn(C)c1. The van der Waals surface area contributed by atoms with E-state index >= 15 is 0 Å². The van der Waals surface area contributed by atoms with Crippen molar-refractivity contribution in [1.29, 1.82) is 5.41 Å². The molecule has 0 radical (unpaired) electrons. The Labute approximate surface area is 367 Å². The molecule has 14 nitrogen and oxygen atoms in total. The maximum Gasteiger partial charge on any atom is 0.264 e. The average molecular weight is 861 g/mol. The van der Waals surface area contributed by atoms with Gasteiger partial charge in [0.05, 0.1) is 36.0 Å². The summed E-state index contributed by atoms with van der Waals surface area (Å²) in [5.41, 5.74) is 11.2. The van der Waals surface area contributed by atoms with Crippen molar-refractivity contribution in [3.05, 3.63) is 107 Å². The van der Waals surface area contributed by atoms with Gasteiger partial charge in [-0.3, -0.25) is 29.0 Å². The fraction of sp³-hybridized carbons (Fsp3) is 0.362. The van der Waals surface area contributed by atoms with Gasteiger partial charge in [0.15, 0.2) is 5.82 Å². The van der Waals surface area contributed by atoms with Crippen molar-refractivity contribution in [2.75, 3.05) is 34.9 Å². The molecule has 0 bridgehead atoms. The lowest BCUT2D eigenvalue weighted by Gasteiger charge is -2.26. The number of nitrogens with zero attached hydrogens (tertiary/aromatic N) is 7. The Morgan fingerprint density at radius 2 is 1.68 bits per heavy atom. The third-order valence-electron chi connectivity index (χ3n) is 11.1. The lowest BCUT2D eigenvalue weighted by atomic mass is 9.92. The smallest absolute Gasteiger partial charge is 0.264 e. The van der Waals surface area contributed by atoms with E-state index in [1.54, 1.807) is 63.6 Å². The Morgan fingerprint density at radius 1 is 0.952 bits per heavy atom. The fourth-order valence-corrected chi connectivity index (χ4v) is 7.84. The quantitative estimate of drug-likeness (QED) is 0.0899. The summed E-state index contributed by atoms with van der Waals surface area (Å²) >= 11 is 0. The van der Waals surface area contributed by atoms with Crippen LogP contribution in [0.25, 0.3) is 22.3 Å². The molecule has 5 heterocycles. The van der Waals surface area contributed by atoms with Gasteiger partial charge in [-0.1, -0.05) is 39.8 Å². The number of hydrogen-bond acceptors (Lipinski definition) is 9. The van der Waals surface area contributed by atoms with E-state index in [0.717, 1.165) is 56.1 Å². The predicted octanol–water partition coefficient (Wildman–Crippen LogP) is 9.24. The van der Waals surface area contributed by atoms with E-state index in [2.05, 4.69) is 68.6 Å². The van der Waals surface area contributed by atoms with Crippen molar-refractivity contribution in [2.45, 2.75) is 79.3 Å². The van der Waals surface area contributed by atoms with Crippen LogP contribution in [-0.2, 0) is 43.7 Å². The van der Waals surface area contributed by atoms with Crippen molar-refractivity contribution >= 4 is 46.1 Å². The van der Waals surface area contributed by atoms with Gasteiger partial charge in [0.25, 0.3) is 6.43 Å². The minimum Gasteiger partial charge on any atom is -0.388 e. The maximum atomic E-state index is 13.7. The number of amides is 2. The van der Waals surface area contributed by atoms with Crippen LogP contribution in [0.4, 0.5) is 37.3 Å². The lowest BCUT2D eigenvalue weighted by molar-refractivity contribution is -0.129. The number of aryl methyl sites for hydroxylation is 3. The molecule has 3 aromatic heterocycles. The third-order valence-corrected chi connectivity index (χ3v) is 11.1. The van der Waals surface area contributed by atoms with E-state index < -0.39 is 6.43 Å². The first kappa shape index (κ1) is 45.7. The molecule has 2 amide bonds. The Morgan fingerprint density at radius 3 is 2.32 bits per heavy atom. The molecule has 1 unspecified atom stereocenters. The summed E-state index contributed by atoms with van der Waals surface area (Å²) in [5, 5.41) is 34.6. The first-order valence-electron chi connectivity index (χ1n) is 21.2. The van der Waals surface area contributed by atoms with Crippen LogP contribution < -0.4 is 21.3 Å². The zero-order chi connectivity index (χ0) is 45.7. The molecule has 1 atom stereocenters. The number of nitrogens with one attached hydrogen (secondary N) is 5. The summed E-state index contributed by atoms with van der Waals surface area (Å²) in [7, 11) is 7.30. The number of anilines is 5. The zero-order valence-corrected chi connectivity index (χ0v) is 37.7. The van der Waals surface area contributed by atoms with Gasteiger partial charge in [-0.2, -0.15) is 15.3 Å². The highest BCUT2D eigenvalue weighted by Gasteiger charge is 2.27. The van der Waals surface area contributed by atoms with Gasteiger partial charge in [0, 0.05) is 123 Å². The Bertz CT molecular complexity index is 2620. The van der Waals surface area contributed by atoms with Crippen LogP contribution in [0.1, 0.15) is 93.8 Å². The predicted molar refractivity (Wildman–Crippen MR) is 247 cm³/mol. The van der Waals surface area contributed by atoms with E-state index in [9.17, 15) is 18.4 Å². The first-order chi connectivity index (χ1) is 30.1. The zero-order valence-electron chi connectivity index (χ0n) is 37.7. The van der Waals surface area contributed by atoms with Gasteiger partial charge < -0.3 is 26.2 Å². The average Bonchev–Trinajstić information content (AvgIpc) is 3.96. The summed E-state index contributed by atoms with van der Waals surface area (Å²) in [6, 6.07) is 15.2. The molecule has 3 aromatic carbocycles. The van der Waals surface area contributed by atoms with E-state index in [1.807, 2.05) is 60.2 Å². The number of rotatable bonds is 9. The fourth-order valence-electron chi connectivity index (χ4n) is 7.84. The van der Waals surface area contributed by atoms with Crippen LogP contribution in [-0.4, -0.2) is 71.4 Å². The third kappa shape index (κ3) is 10.1. The van der Waals surface area contributed by atoms with Crippen LogP contribution in [0.15, 0.2) is 73.3 Å². The van der Waals surface area contributed by atoms with Crippen molar-refractivity contribution in [3.63, 3.8) is 0 Å². The number of benzene rings is 3. The second-order valence-electron chi connectivity index (χ2n) is 15.9. The molecule has 0 spiro atoms. The monoisotopic (exact) mass is 860 g/mol. The number of halogens is 2.